The normalized spacial score (nSPS) is 24.5. The molecule has 1 aliphatic heterocycles. The Morgan fingerprint density at radius 3 is 2.57 bits per heavy atom. The van der Waals surface area contributed by atoms with E-state index in [1.54, 1.807) is 4.90 Å². The van der Waals surface area contributed by atoms with Crippen LogP contribution in [0.2, 0.25) is 0 Å². The molecule has 1 aliphatic carbocycles. The summed E-state index contributed by atoms with van der Waals surface area (Å²) in [6.45, 7) is 1.94. The number of carbonyl (C=O) groups is 2. The number of amides is 2. The summed E-state index contributed by atoms with van der Waals surface area (Å²) in [7, 11) is 0. The van der Waals surface area contributed by atoms with E-state index >= 15 is 0 Å². The highest BCUT2D eigenvalue weighted by Gasteiger charge is 2.52. The lowest BCUT2D eigenvalue weighted by Crippen LogP contribution is -2.69. The number of nitrogens with one attached hydrogen (secondary N) is 1. The molecule has 4 nitrogen and oxygen atoms in total. The summed E-state index contributed by atoms with van der Waals surface area (Å²) in [4.78, 5) is 27.3. The quantitative estimate of drug-likeness (QED) is 0.891. The lowest BCUT2D eigenvalue weighted by Gasteiger charge is -2.44. The van der Waals surface area contributed by atoms with E-state index in [9.17, 15) is 9.59 Å². The van der Waals surface area contributed by atoms with Crippen molar-refractivity contribution in [3.63, 3.8) is 0 Å². The van der Waals surface area contributed by atoms with Crippen LogP contribution < -0.4 is 10.2 Å². The number of anilines is 1. The third-order valence-corrected chi connectivity index (χ3v) is 5.23. The molecule has 5 heteroatoms. The second kappa shape index (κ2) is 5.44. The van der Waals surface area contributed by atoms with Crippen LogP contribution in [0.1, 0.15) is 39.0 Å². The van der Waals surface area contributed by atoms with Crippen molar-refractivity contribution in [1.82, 2.24) is 5.32 Å². The van der Waals surface area contributed by atoms with Gasteiger partial charge in [0.15, 0.2) is 0 Å². The van der Waals surface area contributed by atoms with Gasteiger partial charge in [-0.1, -0.05) is 31.9 Å². The van der Waals surface area contributed by atoms with Crippen molar-refractivity contribution in [1.29, 1.82) is 0 Å². The van der Waals surface area contributed by atoms with Crippen molar-refractivity contribution in [2.24, 2.45) is 0 Å². The zero-order valence-electron chi connectivity index (χ0n) is 12.1. The van der Waals surface area contributed by atoms with Crippen LogP contribution in [0.25, 0.3) is 0 Å². The minimum Gasteiger partial charge on any atom is -0.340 e. The van der Waals surface area contributed by atoms with Gasteiger partial charge in [0.2, 0.25) is 5.91 Å². The summed E-state index contributed by atoms with van der Waals surface area (Å²) in [6, 6.07) is 7.18. The molecule has 0 radical (unpaired) electrons. The first kappa shape index (κ1) is 14.6. The van der Waals surface area contributed by atoms with Crippen LogP contribution in [0.5, 0.6) is 0 Å². The molecule has 1 heterocycles. The maximum absolute atomic E-state index is 13.1. The van der Waals surface area contributed by atoms with E-state index in [2.05, 4.69) is 21.2 Å². The summed E-state index contributed by atoms with van der Waals surface area (Å²) in [5.74, 6) is 0.00750. The maximum atomic E-state index is 13.1. The molecule has 112 valence electrons. The van der Waals surface area contributed by atoms with Crippen molar-refractivity contribution in [3.05, 3.63) is 28.7 Å². The fourth-order valence-corrected chi connectivity index (χ4v) is 3.95. The highest BCUT2D eigenvalue weighted by Crippen LogP contribution is 2.39. The molecular formula is C16H19BrN2O2. The van der Waals surface area contributed by atoms with E-state index in [0.717, 1.165) is 35.8 Å². The second-order valence-electron chi connectivity index (χ2n) is 5.83. The smallest absolute Gasteiger partial charge is 0.253 e. The first-order valence-corrected chi connectivity index (χ1v) is 8.28. The van der Waals surface area contributed by atoms with Crippen molar-refractivity contribution in [3.8, 4) is 0 Å². The number of hydrogen-bond donors (Lipinski definition) is 1. The summed E-state index contributed by atoms with van der Waals surface area (Å²) < 4.78 is 0.847. The Balaban J connectivity index is 2.07. The third-order valence-electron chi connectivity index (χ3n) is 4.56. The molecule has 0 bridgehead atoms. The zero-order chi connectivity index (χ0) is 15.0. The van der Waals surface area contributed by atoms with Gasteiger partial charge in [0, 0.05) is 4.47 Å². The molecular weight excluding hydrogens is 332 g/mol. The van der Waals surface area contributed by atoms with Gasteiger partial charge in [0.25, 0.3) is 5.91 Å². The first-order chi connectivity index (χ1) is 10.1. The molecule has 1 unspecified atom stereocenters. The number of para-hydroxylation sites is 1. The molecule has 2 amide bonds. The van der Waals surface area contributed by atoms with Gasteiger partial charge in [-0.25, -0.2) is 0 Å². The Hall–Kier alpha value is -1.36. The van der Waals surface area contributed by atoms with Crippen LogP contribution >= 0.6 is 15.9 Å². The van der Waals surface area contributed by atoms with E-state index in [4.69, 9.17) is 0 Å². The van der Waals surface area contributed by atoms with Gasteiger partial charge in [-0.2, -0.15) is 0 Å². The minimum atomic E-state index is -0.683. The average molecular weight is 351 g/mol. The fraction of sp³-hybridized carbons (Fsp3) is 0.500. The molecule has 1 saturated heterocycles. The van der Waals surface area contributed by atoms with Crippen LogP contribution in [-0.2, 0) is 9.59 Å². The molecule has 2 aliphatic rings. The summed E-state index contributed by atoms with van der Waals surface area (Å²) in [5.41, 5.74) is 0.105. The molecule has 2 fully saturated rings. The Bertz CT molecular complexity index is 581. The largest absolute Gasteiger partial charge is 0.340 e. The number of carbonyl (C=O) groups excluding carboxylic acids is 2. The fourth-order valence-electron chi connectivity index (χ4n) is 3.47. The van der Waals surface area contributed by atoms with Crippen LogP contribution in [0, 0.1) is 0 Å². The molecule has 1 saturated carbocycles. The minimum absolute atomic E-state index is 0.0326. The van der Waals surface area contributed by atoms with Crippen molar-refractivity contribution >= 4 is 33.4 Å². The monoisotopic (exact) mass is 350 g/mol. The molecule has 1 atom stereocenters. The van der Waals surface area contributed by atoms with E-state index < -0.39 is 11.6 Å². The van der Waals surface area contributed by atoms with E-state index in [-0.39, 0.29) is 11.8 Å². The van der Waals surface area contributed by atoms with Crippen LogP contribution in [-0.4, -0.2) is 23.4 Å². The Morgan fingerprint density at radius 2 is 1.95 bits per heavy atom. The number of hydrogen-bond acceptors (Lipinski definition) is 2. The van der Waals surface area contributed by atoms with E-state index in [1.165, 1.54) is 0 Å². The Kier molecular flexibility index (Phi) is 3.78. The van der Waals surface area contributed by atoms with E-state index in [1.807, 2.05) is 31.2 Å². The average Bonchev–Trinajstić information content (AvgIpc) is 2.93. The standard InChI is InChI=1S/C16H19BrN2O2/c1-2-12-14(20)18-16(9-5-6-10-16)15(21)19(12)13-8-4-3-7-11(13)17/h3-4,7-8,12H,2,5-6,9-10H2,1H3,(H,18,20). The van der Waals surface area contributed by atoms with Gasteiger partial charge in [-0.15, -0.1) is 0 Å². The van der Waals surface area contributed by atoms with Crippen LogP contribution in [0.4, 0.5) is 5.69 Å². The third kappa shape index (κ3) is 2.27. The topological polar surface area (TPSA) is 49.4 Å². The van der Waals surface area contributed by atoms with Crippen molar-refractivity contribution in [2.45, 2.75) is 50.6 Å². The number of piperazine rings is 1. The molecule has 1 N–H and O–H groups in total. The van der Waals surface area contributed by atoms with Gasteiger partial charge < -0.3 is 5.32 Å². The van der Waals surface area contributed by atoms with E-state index in [0.29, 0.717) is 6.42 Å². The molecule has 0 aromatic heterocycles. The Labute approximate surface area is 133 Å². The van der Waals surface area contributed by atoms with Gasteiger partial charge >= 0.3 is 0 Å². The summed E-state index contributed by atoms with van der Waals surface area (Å²) in [6.07, 6.45) is 4.08. The summed E-state index contributed by atoms with van der Waals surface area (Å²) >= 11 is 3.51. The lowest BCUT2D eigenvalue weighted by atomic mass is 9.89. The Morgan fingerprint density at radius 1 is 1.29 bits per heavy atom. The molecule has 21 heavy (non-hydrogen) atoms. The lowest BCUT2D eigenvalue weighted by molar-refractivity contribution is -0.138. The summed E-state index contributed by atoms with van der Waals surface area (Å²) in [5, 5.41) is 3.02. The first-order valence-electron chi connectivity index (χ1n) is 7.49. The van der Waals surface area contributed by atoms with Crippen molar-refractivity contribution in [2.75, 3.05) is 4.90 Å². The molecule has 1 aromatic rings. The second-order valence-corrected chi connectivity index (χ2v) is 6.68. The number of rotatable bonds is 2. The predicted octanol–water partition coefficient (Wildman–Crippen LogP) is 3.00. The molecule has 1 spiro atoms. The zero-order valence-corrected chi connectivity index (χ0v) is 13.6. The van der Waals surface area contributed by atoms with Crippen molar-refractivity contribution < 1.29 is 9.59 Å². The SMILES string of the molecule is CCC1C(=O)NC2(CCCC2)C(=O)N1c1ccccc1Br. The predicted molar refractivity (Wildman–Crippen MR) is 85.0 cm³/mol. The number of nitrogens with zero attached hydrogens (tertiary/aromatic N) is 1. The maximum Gasteiger partial charge on any atom is 0.253 e. The highest BCUT2D eigenvalue weighted by molar-refractivity contribution is 9.10. The molecule has 1 aromatic carbocycles. The number of benzene rings is 1. The highest BCUT2D eigenvalue weighted by atomic mass is 79.9. The van der Waals surface area contributed by atoms with Gasteiger partial charge in [0.05, 0.1) is 5.69 Å². The van der Waals surface area contributed by atoms with Gasteiger partial charge in [-0.05, 0) is 47.3 Å². The van der Waals surface area contributed by atoms with Gasteiger partial charge in [-0.3, -0.25) is 14.5 Å². The number of halogens is 1. The molecule has 3 rings (SSSR count). The van der Waals surface area contributed by atoms with Crippen LogP contribution in [0.15, 0.2) is 28.7 Å². The van der Waals surface area contributed by atoms with Crippen LogP contribution in [0.3, 0.4) is 0 Å². The van der Waals surface area contributed by atoms with Gasteiger partial charge in [0.1, 0.15) is 11.6 Å².